The third-order valence-corrected chi connectivity index (χ3v) is 3.11. The van der Waals surface area contributed by atoms with Crippen molar-refractivity contribution >= 4 is 44.9 Å². The number of carbonyl (C=O) groups is 1. The summed E-state index contributed by atoms with van der Waals surface area (Å²) in [5, 5.41) is 1.04. The third kappa shape index (κ3) is 3.45. The van der Waals surface area contributed by atoms with Crippen molar-refractivity contribution in [1.29, 1.82) is 0 Å². The normalized spacial score (nSPS) is 10.9. The smallest absolute Gasteiger partial charge is 0.176 e. The topological polar surface area (TPSA) is 20.3 Å². The van der Waals surface area contributed by atoms with Crippen LogP contribution in [-0.2, 0) is 6.54 Å². The average molecular weight is 325 g/mol. The number of Topliss-reactive ketones (excluding diaryl/α,β-unsaturated/α-hetero) is 1. The molecule has 0 amide bonds. The Balaban J connectivity index is 3.12. The highest BCUT2D eigenvalue weighted by molar-refractivity contribution is 9.09. The number of ketones is 1. The van der Waals surface area contributed by atoms with Crippen LogP contribution in [0.1, 0.15) is 15.9 Å². The standard InChI is InChI=1S/C11H12BrCl2NO/c1-15(2)6-7-3-8(13)11(9(14)4-7)10(16)5-12/h3-4H,5-6H2,1-2H3. The largest absolute Gasteiger partial charge is 0.305 e. The summed E-state index contributed by atoms with van der Waals surface area (Å²) in [6.45, 7) is 0.738. The molecular formula is C11H12BrCl2NO. The Kier molecular flexibility index (Phi) is 5.25. The van der Waals surface area contributed by atoms with Crippen LogP contribution in [0.15, 0.2) is 12.1 Å². The van der Waals surface area contributed by atoms with Crippen molar-refractivity contribution < 1.29 is 4.79 Å². The minimum absolute atomic E-state index is 0.105. The van der Waals surface area contributed by atoms with E-state index >= 15 is 0 Å². The molecule has 1 rings (SSSR count). The van der Waals surface area contributed by atoms with E-state index in [1.54, 1.807) is 12.1 Å². The number of benzene rings is 1. The third-order valence-electron chi connectivity index (χ3n) is 2.00. The van der Waals surface area contributed by atoms with Gasteiger partial charge in [0.2, 0.25) is 0 Å². The molecule has 1 aromatic rings. The lowest BCUT2D eigenvalue weighted by molar-refractivity contribution is 0.102. The summed E-state index contributed by atoms with van der Waals surface area (Å²) in [6, 6.07) is 3.56. The number of rotatable bonds is 4. The van der Waals surface area contributed by atoms with Crippen LogP contribution in [0, 0.1) is 0 Å². The summed E-state index contributed by atoms with van der Waals surface area (Å²) in [6.07, 6.45) is 0. The molecule has 0 fully saturated rings. The summed E-state index contributed by atoms with van der Waals surface area (Å²) >= 11 is 15.2. The van der Waals surface area contributed by atoms with Gasteiger partial charge in [-0.1, -0.05) is 39.1 Å². The predicted molar refractivity (Wildman–Crippen MR) is 72.0 cm³/mol. The van der Waals surface area contributed by atoms with Gasteiger partial charge >= 0.3 is 0 Å². The summed E-state index contributed by atoms with van der Waals surface area (Å²) in [7, 11) is 3.92. The minimum atomic E-state index is -0.105. The van der Waals surface area contributed by atoms with Gasteiger partial charge in [-0.3, -0.25) is 4.79 Å². The first-order chi connectivity index (χ1) is 7.45. The lowest BCUT2D eigenvalue weighted by Gasteiger charge is -2.12. The first-order valence-corrected chi connectivity index (χ1v) is 6.55. The molecule has 0 saturated carbocycles. The fourth-order valence-electron chi connectivity index (χ4n) is 1.42. The highest BCUT2D eigenvalue weighted by Crippen LogP contribution is 2.28. The van der Waals surface area contributed by atoms with Gasteiger partial charge in [0.25, 0.3) is 0 Å². The average Bonchev–Trinajstić information content (AvgIpc) is 2.15. The molecule has 0 atom stereocenters. The van der Waals surface area contributed by atoms with Gasteiger partial charge in [-0.05, 0) is 31.8 Å². The molecule has 0 unspecified atom stereocenters. The van der Waals surface area contributed by atoms with E-state index in [4.69, 9.17) is 23.2 Å². The zero-order chi connectivity index (χ0) is 12.3. The number of halogens is 3. The van der Waals surface area contributed by atoms with Crippen molar-refractivity contribution in [2.45, 2.75) is 6.54 Å². The lowest BCUT2D eigenvalue weighted by Crippen LogP contribution is -2.11. The summed E-state index contributed by atoms with van der Waals surface area (Å²) in [4.78, 5) is 13.6. The highest BCUT2D eigenvalue weighted by atomic mass is 79.9. The molecule has 2 nitrogen and oxygen atoms in total. The molecule has 0 spiro atoms. The Hall–Kier alpha value is -0.0900. The van der Waals surface area contributed by atoms with E-state index in [1.807, 2.05) is 19.0 Å². The maximum Gasteiger partial charge on any atom is 0.176 e. The van der Waals surface area contributed by atoms with Crippen LogP contribution < -0.4 is 0 Å². The molecule has 0 bridgehead atoms. The zero-order valence-electron chi connectivity index (χ0n) is 9.06. The van der Waals surface area contributed by atoms with E-state index in [-0.39, 0.29) is 11.1 Å². The first-order valence-electron chi connectivity index (χ1n) is 4.67. The van der Waals surface area contributed by atoms with Gasteiger partial charge in [0.1, 0.15) is 0 Å². The molecule has 0 aromatic heterocycles. The van der Waals surface area contributed by atoms with Crippen LogP contribution in [0.2, 0.25) is 10.0 Å². The molecule has 5 heteroatoms. The first kappa shape index (κ1) is 14.0. The molecule has 16 heavy (non-hydrogen) atoms. The lowest BCUT2D eigenvalue weighted by atomic mass is 10.1. The van der Waals surface area contributed by atoms with E-state index < -0.39 is 0 Å². The maximum atomic E-state index is 11.6. The Morgan fingerprint density at radius 2 is 1.81 bits per heavy atom. The van der Waals surface area contributed by atoms with Crippen molar-refractivity contribution in [3.8, 4) is 0 Å². The number of hydrogen-bond donors (Lipinski definition) is 0. The van der Waals surface area contributed by atoms with E-state index in [1.165, 1.54) is 0 Å². The summed E-state index contributed by atoms with van der Waals surface area (Å²) < 4.78 is 0. The predicted octanol–water partition coefficient (Wildman–Crippen LogP) is 3.63. The Bertz CT molecular complexity index is 384. The quantitative estimate of drug-likeness (QED) is 0.622. The fraction of sp³-hybridized carbons (Fsp3) is 0.364. The second-order valence-electron chi connectivity index (χ2n) is 3.73. The molecule has 1 aromatic carbocycles. The van der Waals surface area contributed by atoms with Gasteiger partial charge in [-0.2, -0.15) is 0 Å². The molecule has 0 saturated heterocycles. The zero-order valence-corrected chi connectivity index (χ0v) is 12.2. The van der Waals surface area contributed by atoms with Crippen LogP contribution in [0.25, 0.3) is 0 Å². The molecule has 0 radical (unpaired) electrons. The van der Waals surface area contributed by atoms with Crippen LogP contribution >= 0.6 is 39.1 Å². The second kappa shape index (κ2) is 6.01. The maximum absolute atomic E-state index is 11.6. The Morgan fingerprint density at radius 3 is 2.19 bits per heavy atom. The number of carbonyl (C=O) groups excluding carboxylic acids is 1. The van der Waals surface area contributed by atoms with Crippen LogP contribution in [0.4, 0.5) is 0 Å². The summed E-state index contributed by atoms with van der Waals surface area (Å²) in [5.41, 5.74) is 1.38. The van der Waals surface area contributed by atoms with Crippen molar-refractivity contribution in [2.75, 3.05) is 19.4 Å². The van der Waals surface area contributed by atoms with Gasteiger partial charge in [0.15, 0.2) is 5.78 Å². The molecule has 0 N–H and O–H groups in total. The van der Waals surface area contributed by atoms with Crippen LogP contribution in [-0.4, -0.2) is 30.1 Å². The Labute approximate surface area is 114 Å². The van der Waals surface area contributed by atoms with E-state index in [9.17, 15) is 4.79 Å². The van der Waals surface area contributed by atoms with Gasteiger partial charge in [-0.25, -0.2) is 0 Å². The number of alkyl halides is 1. The van der Waals surface area contributed by atoms with E-state index in [0.717, 1.165) is 12.1 Å². The SMILES string of the molecule is CN(C)Cc1cc(Cl)c(C(=O)CBr)c(Cl)c1. The van der Waals surface area contributed by atoms with Crippen molar-refractivity contribution in [3.05, 3.63) is 33.3 Å². The minimum Gasteiger partial charge on any atom is -0.305 e. The number of nitrogens with zero attached hydrogens (tertiary/aromatic N) is 1. The van der Waals surface area contributed by atoms with Gasteiger partial charge in [0, 0.05) is 6.54 Å². The van der Waals surface area contributed by atoms with Crippen molar-refractivity contribution in [2.24, 2.45) is 0 Å². The molecule has 0 aliphatic carbocycles. The van der Waals surface area contributed by atoms with Gasteiger partial charge in [-0.15, -0.1) is 0 Å². The fourth-order valence-corrected chi connectivity index (χ4v) is 2.44. The van der Waals surface area contributed by atoms with Crippen LogP contribution in [0.3, 0.4) is 0 Å². The monoisotopic (exact) mass is 323 g/mol. The Morgan fingerprint density at radius 1 is 1.31 bits per heavy atom. The number of hydrogen-bond acceptors (Lipinski definition) is 2. The highest BCUT2D eigenvalue weighted by Gasteiger charge is 2.15. The molecule has 0 heterocycles. The molecule has 88 valence electrons. The van der Waals surface area contributed by atoms with Gasteiger partial charge < -0.3 is 4.90 Å². The van der Waals surface area contributed by atoms with Crippen molar-refractivity contribution in [1.82, 2.24) is 4.90 Å². The summed E-state index contributed by atoms with van der Waals surface area (Å²) in [5.74, 6) is -0.105. The van der Waals surface area contributed by atoms with Gasteiger partial charge in [0.05, 0.1) is 20.9 Å². The molecular weight excluding hydrogens is 313 g/mol. The van der Waals surface area contributed by atoms with Crippen molar-refractivity contribution in [3.63, 3.8) is 0 Å². The molecule has 0 aliphatic rings. The molecule has 0 aliphatic heterocycles. The van der Waals surface area contributed by atoms with E-state index in [0.29, 0.717) is 15.6 Å². The second-order valence-corrected chi connectivity index (χ2v) is 5.10. The van der Waals surface area contributed by atoms with E-state index in [2.05, 4.69) is 15.9 Å². The van der Waals surface area contributed by atoms with Crippen LogP contribution in [0.5, 0.6) is 0 Å².